The molecular weight excluding hydrogens is 128 g/mol. The number of hydrogen-bond acceptors (Lipinski definition) is 3. The van der Waals surface area contributed by atoms with Crippen LogP contribution in [0.15, 0.2) is 0 Å². The smallest absolute Gasteiger partial charge is 0.271 e. The summed E-state index contributed by atoms with van der Waals surface area (Å²) in [6.07, 6.45) is 0. The lowest BCUT2D eigenvalue weighted by molar-refractivity contribution is -0.122. The Morgan fingerprint density at radius 2 is 2.25 bits per heavy atom. The molecule has 0 aromatic heterocycles. The largest absolute Gasteiger partial charge is 0.573 e. The molecular formula is C3H3N2O2S-. The molecule has 5 heteroatoms. The maximum atomic E-state index is 10.3. The number of nitrogens with one attached hydrogen (secondary N) is 1. The molecule has 1 aliphatic heterocycles. The Kier molecular flexibility index (Phi) is 1.22. The number of carbonyl (C=O) groups is 2. The summed E-state index contributed by atoms with van der Waals surface area (Å²) in [5, 5.41) is -0.0972. The molecule has 1 fully saturated rings. The van der Waals surface area contributed by atoms with Gasteiger partial charge in [-0.25, -0.2) is 0 Å². The highest BCUT2D eigenvalue weighted by molar-refractivity contribution is 8.14. The van der Waals surface area contributed by atoms with Crippen LogP contribution in [-0.2, 0) is 4.79 Å². The first-order valence-corrected chi connectivity index (χ1v) is 2.91. The first kappa shape index (κ1) is 5.58. The van der Waals surface area contributed by atoms with Gasteiger partial charge in [-0.2, -0.15) is 0 Å². The van der Waals surface area contributed by atoms with Gasteiger partial charge in [0, 0.05) is 0 Å². The fourth-order valence-corrected chi connectivity index (χ4v) is 0.961. The number of rotatable bonds is 0. The van der Waals surface area contributed by atoms with Crippen LogP contribution in [0.4, 0.5) is 4.79 Å². The van der Waals surface area contributed by atoms with Crippen molar-refractivity contribution in [2.45, 2.75) is 0 Å². The van der Waals surface area contributed by atoms with Gasteiger partial charge in [0.1, 0.15) is 0 Å². The van der Waals surface area contributed by atoms with Crippen LogP contribution < -0.4 is 0 Å². The molecule has 1 aliphatic rings. The standard InChI is InChI=1S/C3H3N2O2S/c4-5-2(6)1-8-3(5)7/h4H,1H2/q-1. The van der Waals surface area contributed by atoms with Crippen molar-refractivity contribution in [3.05, 3.63) is 5.84 Å². The van der Waals surface area contributed by atoms with Crippen LogP contribution in [0.25, 0.3) is 5.84 Å². The van der Waals surface area contributed by atoms with Gasteiger partial charge in [-0.3, -0.25) is 9.59 Å². The van der Waals surface area contributed by atoms with Crippen LogP contribution in [0.1, 0.15) is 0 Å². The summed E-state index contributed by atoms with van der Waals surface area (Å²) in [5.74, 6) is 6.35. The Bertz CT molecular complexity index is 130. The van der Waals surface area contributed by atoms with Crippen molar-refractivity contribution in [2.24, 2.45) is 0 Å². The molecule has 1 N–H and O–H groups in total. The molecule has 0 unspecified atom stereocenters. The van der Waals surface area contributed by atoms with Gasteiger partial charge in [-0.15, -0.1) is 0 Å². The zero-order valence-electron chi connectivity index (χ0n) is 3.88. The third kappa shape index (κ3) is 0.696. The summed E-state index contributed by atoms with van der Waals surface area (Å²) >= 11 is 0.863. The van der Waals surface area contributed by atoms with Crippen molar-refractivity contribution in [1.29, 1.82) is 0 Å². The van der Waals surface area contributed by atoms with E-state index in [1.54, 1.807) is 0 Å². The highest BCUT2D eigenvalue weighted by Gasteiger charge is 2.20. The lowest BCUT2D eigenvalue weighted by Gasteiger charge is -2.13. The van der Waals surface area contributed by atoms with Gasteiger partial charge in [0.25, 0.3) is 5.24 Å². The summed E-state index contributed by atoms with van der Waals surface area (Å²) < 4.78 is 0. The van der Waals surface area contributed by atoms with Crippen molar-refractivity contribution < 1.29 is 9.59 Å². The minimum atomic E-state index is -0.477. The van der Waals surface area contributed by atoms with E-state index in [9.17, 15) is 9.59 Å². The number of imide groups is 1. The van der Waals surface area contributed by atoms with E-state index in [1.807, 2.05) is 0 Å². The summed E-state index contributed by atoms with van der Waals surface area (Å²) in [6, 6.07) is 0. The Morgan fingerprint density at radius 3 is 2.38 bits per heavy atom. The zero-order chi connectivity index (χ0) is 6.15. The molecule has 1 saturated heterocycles. The first-order chi connectivity index (χ1) is 3.72. The van der Waals surface area contributed by atoms with Gasteiger partial charge in [-0.05, 0) is 0 Å². The van der Waals surface area contributed by atoms with E-state index in [-0.39, 0.29) is 5.75 Å². The van der Waals surface area contributed by atoms with Gasteiger partial charge in [0.2, 0.25) is 5.91 Å². The lowest BCUT2D eigenvalue weighted by Crippen LogP contribution is -2.18. The van der Waals surface area contributed by atoms with E-state index in [2.05, 4.69) is 0 Å². The van der Waals surface area contributed by atoms with Crippen molar-refractivity contribution in [3.63, 3.8) is 0 Å². The third-order valence-electron chi connectivity index (χ3n) is 0.751. The molecule has 8 heavy (non-hydrogen) atoms. The molecule has 4 nitrogen and oxygen atoms in total. The van der Waals surface area contributed by atoms with Gasteiger partial charge in [0.05, 0.1) is 5.75 Å². The third-order valence-corrected chi connectivity index (χ3v) is 1.57. The van der Waals surface area contributed by atoms with E-state index in [1.165, 1.54) is 0 Å². The van der Waals surface area contributed by atoms with Crippen molar-refractivity contribution >= 4 is 22.9 Å². The number of nitrogens with zero attached hydrogens (tertiary/aromatic N) is 1. The van der Waals surface area contributed by atoms with Crippen molar-refractivity contribution in [1.82, 2.24) is 5.01 Å². The van der Waals surface area contributed by atoms with E-state index in [0.717, 1.165) is 11.8 Å². The van der Waals surface area contributed by atoms with E-state index >= 15 is 0 Å². The number of hydrogen-bond donors (Lipinski definition) is 0. The predicted octanol–water partition coefficient (Wildman–Crippen LogP) is 0.649. The average Bonchev–Trinajstić information content (AvgIpc) is 1.98. The van der Waals surface area contributed by atoms with Gasteiger partial charge in [-0.1, -0.05) is 11.8 Å². The van der Waals surface area contributed by atoms with E-state index < -0.39 is 11.1 Å². The van der Waals surface area contributed by atoms with Crippen molar-refractivity contribution in [2.75, 3.05) is 5.75 Å². The van der Waals surface area contributed by atoms with Gasteiger partial charge in [0.15, 0.2) is 0 Å². The molecule has 0 atom stereocenters. The second kappa shape index (κ2) is 1.75. The highest BCUT2D eigenvalue weighted by atomic mass is 32.2. The maximum Gasteiger partial charge on any atom is 0.271 e. The number of thioether (sulfide) groups is 1. The zero-order valence-corrected chi connectivity index (χ0v) is 4.70. The molecule has 44 valence electrons. The minimum absolute atomic E-state index is 0.127. The monoisotopic (exact) mass is 131 g/mol. The van der Waals surface area contributed by atoms with Gasteiger partial charge >= 0.3 is 0 Å². The summed E-state index contributed by atoms with van der Waals surface area (Å²) in [4.78, 5) is 20.5. The predicted molar refractivity (Wildman–Crippen MR) is 29.0 cm³/mol. The second-order valence-corrected chi connectivity index (χ2v) is 2.21. The SMILES string of the molecule is [NH-]N1C(=O)CSC1=O. The van der Waals surface area contributed by atoms with Crippen LogP contribution >= 0.6 is 11.8 Å². The maximum absolute atomic E-state index is 10.3. The quantitative estimate of drug-likeness (QED) is 0.485. The Hall–Kier alpha value is -0.550. The summed E-state index contributed by atoms with van der Waals surface area (Å²) in [6.45, 7) is 0. The van der Waals surface area contributed by atoms with E-state index in [0.29, 0.717) is 5.01 Å². The Balaban J connectivity index is 2.70. The van der Waals surface area contributed by atoms with Crippen LogP contribution in [-0.4, -0.2) is 21.9 Å². The summed E-state index contributed by atoms with van der Waals surface area (Å²) in [7, 11) is 0. The molecule has 1 rings (SSSR count). The Morgan fingerprint density at radius 1 is 1.62 bits per heavy atom. The van der Waals surface area contributed by atoms with Gasteiger partial charge < -0.3 is 10.9 Å². The molecule has 0 radical (unpaired) electrons. The van der Waals surface area contributed by atoms with Crippen LogP contribution in [0.3, 0.4) is 0 Å². The highest BCUT2D eigenvalue weighted by Crippen LogP contribution is 2.17. The molecule has 0 aromatic carbocycles. The summed E-state index contributed by atoms with van der Waals surface area (Å²) in [5.41, 5.74) is 0. The molecule has 0 saturated carbocycles. The molecule has 0 bridgehead atoms. The van der Waals surface area contributed by atoms with Crippen LogP contribution in [0.5, 0.6) is 0 Å². The number of amides is 2. The average molecular weight is 131 g/mol. The van der Waals surface area contributed by atoms with Crippen LogP contribution in [0, 0.1) is 0 Å². The first-order valence-electron chi connectivity index (χ1n) is 1.93. The topological polar surface area (TPSA) is 61.2 Å². The lowest BCUT2D eigenvalue weighted by atomic mass is 10.7. The minimum Gasteiger partial charge on any atom is -0.573 e. The molecule has 0 spiro atoms. The van der Waals surface area contributed by atoms with Crippen LogP contribution in [0.2, 0.25) is 0 Å². The molecule has 0 aromatic rings. The van der Waals surface area contributed by atoms with Crippen molar-refractivity contribution in [3.8, 4) is 0 Å². The number of carbonyl (C=O) groups excluding carboxylic acids is 2. The van der Waals surface area contributed by atoms with E-state index in [4.69, 9.17) is 5.84 Å². The second-order valence-electron chi connectivity index (χ2n) is 1.28. The molecule has 2 amide bonds. The Labute approximate surface area is 50.0 Å². The molecule has 1 heterocycles. The normalized spacial score (nSPS) is 20.4. The fraction of sp³-hybridized carbons (Fsp3) is 0.333. The molecule has 0 aliphatic carbocycles. The fourth-order valence-electron chi connectivity index (χ4n) is 0.354.